The smallest absolute Gasteiger partial charge is 0.309 e. The molecule has 0 aromatic heterocycles. The van der Waals surface area contributed by atoms with Gasteiger partial charge in [0.25, 0.3) is 0 Å². The average molecular weight is 268 g/mol. The summed E-state index contributed by atoms with van der Waals surface area (Å²) in [6.07, 6.45) is 14.8. The lowest BCUT2D eigenvalue weighted by Gasteiger charge is -2.17. The third-order valence-electron chi connectivity index (χ3n) is 3.93. The molecule has 2 nitrogen and oxygen atoms in total. The third kappa shape index (κ3) is 8.28. The number of carbonyl (C=O) groups excluding carboxylic acids is 1. The second kappa shape index (κ2) is 10.3. The highest BCUT2D eigenvalue weighted by molar-refractivity contribution is 5.75. The van der Waals surface area contributed by atoms with Gasteiger partial charge >= 0.3 is 5.97 Å². The van der Waals surface area contributed by atoms with Crippen LogP contribution in [0.5, 0.6) is 0 Å². The minimum atomic E-state index is 0.0707. The molecule has 0 aromatic carbocycles. The van der Waals surface area contributed by atoms with E-state index in [0.717, 1.165) is 32.1 Å². The fraction of sp³-hybridized carbons (Fsp3) is 0.941. The summed E-state index contributed by atoms with van der Waals surface area (Å²) in [7, 11) is 0. The van der Waals surface area contributed by atoms with E-state index < -0.39 is 0 Å². The van der Waals surface area contributed by atoms with Gasteiger partial charge in [-0.15, -0.1) is 0 Å². The number of carbonyl (C=O) groups is 1. The number of ether oxygens (including phenoxy) is 1. The molecule has 0 radical (unpaired) electrons. The zero-order valence-corrected chi connectivity index (χ0v) is 13.0. The predicted octanol–water partition coefficient (Wildman–Crippen LogP) is 5.25. The standard InChI is InChI=1S/C17H32O2/c1-3-5-6-7-8-9-10-12-16(11-4-2)19-17(18)15-13-14-15/h15-16H,3-14H2,1-2H3. The number of hydrogen-bond acceptors (Lipinski definition) is 2. The molecule has 1 rings (SSSR count). The zero-order chi connectivity index (χ0) is 13.9. The lowest BCUT2D eigenvalue weighted by molar-refractivity contribution is -0.151. The second-order valence-corrected chi connectivity index (χ2v) is 6.03. The Bertz CT molecular complexity index is 233. The van der Waals surface area contributed by atoms with Crippen LogP contribution in [-0.2, 0) is 9.53 Å². The van der Waals surface area contributed by atoms with Crippen molar-refractivity contribution in [3.05, 3.63) is 0 Å². The Morgan fingerprint density at radius 1 is 0.947 bits per heavy atom. The maximum absolute atomic E-state index is 11.7. The summed E-state index contributed by atoms with van der Waals surface area (Å²) in [5.41, 5.74) is 0. The SMILES string of the molecule is CCCCCCCCCC(CCC)OC(=O)C1CC1. The second-order valence-electron chi connectivity index (χ2n) is 6.03. The van der Waals surface area contributed by atoms with Gasteiger partial charge in [-0.05, 0) is 32.1 Å². The van der Waals surface area contributed by atoms with Gasteiger partial charge in [0.2, 0.25) is 0 Å². The lowest BCUT2D eigenvalue weighted by atomic mass is 10.0. The quantitative estimate of drug-likeness (QED) is 0.357. The molecule has 0 amide bonds. The van der Waals surface area contributed by atoms with E-state index in [1.807, 2.05) is 0 Å². The van der Waals surface area contributed by atoms with E-state index in [9.17, 15) is 4.79 Å². The monoisotopic (exact) mass is 268 g/mol. The van der Waals surface area contributed by atoms with Gasteiger partial charge in [0.1, 0.15) is 6.10 Å². The van der Waals surface area contributed by atoms with Crippen molar-refractivity contribution < 1.29 is 9.53 Å². The lowest BCUT2D eigenvalue weighted by Crippen LogP contribution is -2.19. The van der Waals surface area contributed by atoms with E-state index in [2.05, 4.69) is 13.8 Å². The van der Waals surface area contributed by atoms with Crippen molar-refractivity contribution in [2.24, 2.45) is 5.92 Å². The number of hydrogen-bond donors (Lipinski definition) is 0. The van der Waals surface area contributed by atoms with E-state index >= 15 is 0 Å². The Balaban J connectivity index is 2.02. The maximum atomic E-state index is 11.7. The Kier molecular flexibility index (Phi) is 8.94. The van der Waals surface area contributed by atoms with Crippen molar-refractivity contribution in [3.8, 4) is 0 Å². The predicted molar refractivity (Wildman–Crippen MR) is 80.1 cm³/mol. The molecule has 0 spiro atoms. The Labute approximate surface area is 119 Å². The molecule has 1 atom stereocenters. The highest BCUT2D eigenvalue weighted by atomic mass is 16.5. The van der Waals surface area contributed by atoms with Crippen LogP contribution < -0.4 is 0 Å². The first-order valence-corrected chi connectivity index (χ1v) is 8.48. The largest absolute Gasteiger partial charge is 0.462 e. The molecule has 0 heterocycles. The van der Waals surface area contributed by atoms with Crippen LogP contribution in [0.25, 0.3) is 0 Å². The first-order valence-electron chi connectivity index (χ1n) is 8.48. The van der Waals surface area contributed by atoms with E-state index in [1.54, 1.807) is 0 Å². The average Bonchev–Trinajstić information content (AvgIpc) is 3.22. The van der Waals surface area contributed by atoms with Gasteiger partial charge in [0, 0.05) is 0 Å². The van der Waals surface area contributed by atoms with Gasteiger partial charge in [-0.1, -0.05) is 58.8 Å². The Morgan fingerprint density at radius 3 is 2.16 bits per heavy atom. The van der Waals surface area contributed by atoms with Gasteiger partial charge in [-0.25, -0.2) is 0 Å². The van der Waals surface area contributed by atoms with Crippen molar-refractivity contribution in [1.29, 1.82) is 0 Å². The molecule has 0 N–H and O–H groups in total. The Hall–Kier alpha value is -0.530. The summed E-state index contributed by atoms with van der Waals surface area (Å²) in [6.45, 7) is 4.42. The van der Waals surface area contributed by atoms with Crippen LogP contribution in [-0.4, -0.2) is 12.1 Å². The number of unbranched alkanes of at least 4 members (excludes halogenated alkanes) is 6. The van der Waals surface area contributed by atoms with Crippen molar-refractivity contribution in [3.63, 3.8) is 0 Å². The molecule has 1 aliphatic carbocycles. The minimum Gasteiger partial charge on any atom is -0.462 e. The van der Waals surface area contributed by atoms with Gasteiger partial charge < -0.3 is 4.74 Å². The molecule has 1 unspecified atom stereocenters. The van der Waals surface area contributed by atoms with E-state index in [1.165, 1.54) is 44.9 Å². The molecule has 19 heavy (non-hydrogen) atoms. The molecule has 112 valence electrons. The highest BCUT2D eigenvalue weighted by Crippen LogP contribution is 2.31. The maximum Gasteiger partial charge on any atom is 0.309 e. The van der Waals surface area contributed by atoms with Gasteiger partial charge in [0.05, 0.1) is 5.92 Å². The van der Waals surface area contributed by atoms with Crippen LogP contribution in [0, 0.1) is 5.92 Å². The van der Waals surface area contributed by atoms with Crippen LogP contribution in [0.1, 0.15) is 90.9 Å². The summed E-state index contributed by atoms with van der Waals surface area (Å²) in [4.78, 5) is 11.7. The molecule has 0 aromatic rings. The normalized spacial score (nSPS) is 16.3. The van der Waals surface area contributed by atoms with Crippen LogP contribution in [0.4, 0.5) is 0 Å². The highest BCUT2D eigenvalue weighted by Gasteiger charge is 2.32. The molecular formula is C17H32O2. The third-order valence-corrected chi connectivity index (χ3v) is 3.93. The molecule has 2 heteroatoms. The molecule has 1 aliphatic rings. The van der Waals surface area contributed by atoms with Crippen LogP contribution >= 0.6 is 0 Å². The summed E-state index contributed by atoms with van der Waals surface area (Å²) in [5.74, 6) is 0.315. The fourth-order valence-electron chi connectivity index (χ4n) is 2.49. The van der Waals surface area contributed by atoms with Crippen LogP contribution in [0.2, 0.25) is 0 Å². The summed E-state index contributed by atoms with van der Waals surface area (Å²) in [6, 6.07) is 0. The van der Waals surface area contributed by atoms with Gasteiger partial charge in [-0.2, -0.15) is 0 Å². The van der Waals surface area contributed by atoms with Gasteiger partial charge in [-0.3, -0.25) is 4.79 Å². The first-order chi connectivity index (χ1) is 9.27. The molecule has 1 saturated carbocycles. The zero-order valence-electron chi connectivity index (χ0n) is 13.0. The topological polar surface area (TPSA) is 26.3 Å². The molecular weight excluding hydrogens is 236 g/mol. The van der Waals surface area contributed by atoms with E-state index in [-0.39, 0.29) is 18.0 Å². The number of esters is 1. The van der Waals surface area contributed by atoms with Crippen molar-refractivity contribution in [2.75, 3.05) is 0 Å². The molecule has 0 saturated heterocycles. The Morgan fingerprint density at radius 2 is 1.58 bits per heavy atom. The summed E-state index contributed by atoms with van der Waals surface area (Å²) < 4.78 is 5.62. The number of rotatable bonds is 12. The van der Waals surface area contributed by atoms with E-state index in [0.29, 0.717) is 0 Å². The summed E-state index contributed by atoms with van der Waals surface area (Å²) >= 11 is 0. The van der Waals surface area contributed by atoms with E-state index in [4.69, 9.17) is 4.74 Å². The first kappa shape index (κ1) is 16.5. The van der Waals surface area contributed by atoms with Gasteiger partial charge in [0.15, 0.2) is 0 Å². The summed E-state index contributed by atoms with van der Waals surface area (Å²) in [5, 5.41) is 0. The molecule has 1 fully saturated rings. The fourth-order valence-corrected chi connectivity index (χ4v) is 2.49. The van der Waals surface area contributed by atoms with Crippen molar-refractivity contribution >= 4 is 5.97 Å². The molecule has 0 bridgehead atoms. The van der Waals surface area contributed by atoms with Crippen molar-refractivity contribution in [2.45, 2.75) is 97.0 Å². The molecule has 0 aliphatic heterocycles. The van der Waals surface area contributed by atoms with Crippen LogP contribution in [0.3, 0.4) is 0 Å². The van der Waals surface area contributed by atoms with Crippen molar-refractivity contribution in [1.82, 2.24) is 0 Å². The minimum absolute atomic E-state index is 0.0707. The van der Waals surface area contributed by atoms with Crippen LogP contribution in [0.15, 0.2) is 0 Å².